The topological polar surface area (TPSA) is 38.0 Å². The average molecular weight is 294 g/mol. The minimum absolute atomic E-state index is 0.0278. The summed E-state index contributed by atoms with van der Waals surface area (Å²) in [5, 5.41) is 10.2. The fraction of sp³-hybridized carbons (Fsp3) is 0.400. The van der Waals surface area contributed by atoms with Gasteiger partial charge in [-0.3, -0.25) is 0 Å². The summed E-state index contributed by atoms with van der Waals surface area (Å²) in [7, 11) is 0. The monoisotopic (exact) mass is 294 g/mol. The quantitative estimate of drug-likeness (QED) is 0.829. The standard InChI is InChI=1S/C15H19FN2OS/c1-11(2)8-18-13(9-19)7-17-15(18)20-10-12-5-3-4-6-14(12)16/h3-7,11,19H,8-10H2,1-2H3. The Bertz CT molecular complexity index is 569. The normalized spacial score (nSPS) is 11.2. The van der Waals surface area contributed by atoms with E-state index in [1.165, 1.54) is 17.8 Å². The number of benzene rings is 1. The Morgan fingerprint density at radius 1 is 1.35 bits per heavy atom. The van der Waals surface area contributed by atoms with Gasteiger partial charge in [-0.15, -0.1) is 0 Å². The lowest BCUT2D eigenvalue weighted by Crippen LogP contribution is -2.09. The van der Waals surface area contributed by atoms with Crippen LogP contribution < -0.4 is 0 Å². The van der Waals surface area contributed by atoms with Crippen LogP contribution in [0.25, 0.3) is 0 Å². The van der Waals surface area contributed by atoms with Crippen molar-refractivity contribution in [3.8, 4) is 0 Å². The van der Waals surface area contributed by atoms with Crippen molar-refractivity contribution in [1.82, 2.24) is 9.55 Å². The molecule has 2 rings (SSSR count). The van der Waals surface area contributed by atoms with Crippen LogP contribution in [0, 0.1) is 11.7 Å². The van der Waals surface area contributed by atoms with Gasteiger partial charge in [-0.25, -0.2) is 9.37 Å². The Hall–Kier alpha value is -1.33. The number of aliphatic hydroxyl groups excluding tert-OH is 1. The molecule has 0 saturated heterocycles. The first-order valence-corrected chi connectivity index (χ1v) is 7.61. The van der Waals surface area contributed by atoms with Crippen LogP contribution in [-0.4, -0.2) is 14.7 Å². The van der Waals surface area contributed by atoms with Crippen molar-refractivity contribution in [2.24, 2.45) is 5.92 Å². The van der Waals surface area contributed by atoms with Crippen LogP contribution >= 0.6 is 11.8 Å². The third-order valence-electron chi connectivity index (χ3n) is 2.93. The minimum atomic E-state index is -0.190. The smallest absolute Gasteiger partial charge is 0.168 e. The van der Waals surface area contributed by atoms with Gasteiger partial charge >= 0.3 is 0 Å². The molecule has 0 aliphatic carbocycles. The molecule has 0 aliphatic rings. The molecular weight excluding hydrogens is 275 g/mol. The summed E-state index contributed by atoms with van der Waals surface area (Å²) in [5.74, 6) is 0.804. The Kier molecular flexibility index (Phi) is 5.20. The van der Waals surface area contributed by atoms with Crippen molar-refractivity contribution in [3.05, 3.63) is 47.5 Å². The van der Waals surface area contributed by atoms with Crippen molar-refractivity contribution in [1.29, 1.82) is 0 Å². The van der Waals surface area contributed by atoms with Gasteiger partial charge in [-0.1, -0.05) is 43.8 Å². The van der Waals surface area contributed by atoms with Crippen LogP contribution in [0.4, 0.5) is 4.39 Å². The van der Waals surface area contributed by atoms with Crippen molar-refractivity contribution < 1.29 is 9.50 Å². The summed E-state index contributed by atoms with van der Waals surface area (Å²) in [6, 6.07) is 6.77. The van der Waals surface area contributed by atoms with E-state index in [2.05, 4.69) is 18.8 Å². The second kappa shape index (κ2) is 6.90. The van der Waals surface area contributed by atoms with Crippen LogP contribution in [0.5, 0.6) is 0 Å². The van der Waals surface area contributed by atoms with Crippen LogP contribution in [0.3, 0.4) is 0 Å². The summed E-state index contributed by atoms with van der Waals surface area (Å²) in [5.41, 5.74) is 1.47. The van der Waals surface area contributed by atoms with E-state index in [0.29, 0.717) is 17.2 Å². The summed E-state index contributed by atoms with van der Waals surface area (Å²) in [6.45, 7) is 5.01. The van der Waals surface area contributed by atoms with E-state index in [0.717, 1.165) is 17.4 Å². The van der Waals surface area contributed by atoms with E-state index >= 15 is 0 Å². The third-order valence-corrected chi connectivity index (χ3v) is 3.97. The molecule has 0 atom stereocenters. The first-order valence-electron chi connectivity index (χ1n) is 6.63. The Morgan fingerprint density at radius 2 is 2.10 bits per heavy atom. The molecule has 1 heterocycles. The van der Waals surface area contributed by atoms with E-state index in [4.69, 9.17) is 0 Å². The zero-order chi connectivity index (χ0) is 14.5. The first-order chi connectivity index (χ1) is 9.61. The number of aromatic nitrogens is 2. The van der Waals surface area contributed by atoms with E-state index in [-0.39, 0.29) is 12.4 Å². The maximum atomic E-state index is 13.6. The molecule has 108 valence electrons. The largest absolute Gasteiger partial charge is 0.390 e. The molecule has 0 fully saturated rings. The van der Waals surface area contributed by atoms with Gasteiger partial charge < -0.3 is 9.67 Å². The minimum Gasteiger partial charge on any atom is -0.390 e. The van der Waals surface area contributed by atoms with Crippen LogP contribution in [-0.2, 0) is 18.9 Å². The average Bonchev–Trinajstić information content (AvgIpc) is 2.79. The molecule has 5 heteroatoms. The lowest BCUT2D eigenvalue weighted by Gasteiger charge is -2.13. The predicted octanol–water partition coefficient (Wildman–Crippen LogP) is 3.46. The highest BCUT2D eigenvalue weighted by molar-refractivity contribution is 7.98. The molecule has 0 saturated carbocycles. The molecular formula is C15H19FN2OS. The SMILES string of the molecule is CC(C)Cn1c(CO)cnc1SCc1ccccc1F. The molecule has 0 aliphatic heterocycles. The number of aliphatic hydroxyl groups is 1. The number of hydrogen-bond donors (Lipinski definition) is 1. The Morgan fingerprint density at radius 3 is 2.75 bits per heavy atom. The van der Waals surface area contributed by atoms with E-state index in [9.17, 15) is 9.50 Å². The Balaban J connectivity index is 2.13. The highest BCUT2D eigenvalue weighted by Crippen LogP contribution is 2.25. The molecule has 3 nitrogen and oxygen atoms in total. The third kappa shape index (κ3) is 3.61. The lowest BCUT2D eigenvalue weighted by atomic mass is 10.2. The fourth-order valence-corrected chi connectivity index (χ4v) is 2.95. The second-order valence-electron chi connectivity index (χ2n) is 5.07. The molecule has 0 bridgehead atoms. The van der Waals surface area contributed by atoms with Gasteiger partial charge in [0.05, 0.1) is 18.5 Å². The van der Waals surface area contributed by atoms with E-state index in [1.54, 1.807) is 18.3 Å². The zero-order valence-electron chi connectivity index (χ0n) is 11.7. The second-order valence-corrected chi connectivity index (χ2v) is 6.02. The van der Waals surface area contributed by atoms with Gasteiger partial charge in [-0.05, 0) is 17.5 Å². The van der Waals surface area contributed by atoms with Gasteiger partial charge in [0.15, 0.2) is 5.16 Å². The lowest BCUT2D eigenvalue weighted by molar-refractivity contribution is 0.266. The molecule has 20 heavy (non-hydrogen) atoms. The van der Waals surface area contributed by atoms with E-state index in [1.807, 2.05) is 10.6 Å². The number of nitrogens with zero attached hydrogens (tertiary/aromatic N) is 2. The summed E-state index contributed by atoms with van der Waals surface area (Å²) >= 11 is 1.49. The number of thioether (sulfide) groups is 1. The summed E-state index contributed by atoms with van der Waals surface area (Å²) in [4.78, 5) is 4.33. The predicted molar refractivity (Wildman–Crippen MR) is 78.9 cm³/mol. The molecule has 1 aromatic carbocycles. The van der Waals surface area contributed by atoms with Gasteiger partial charge in [0, 0.05) is 12.3 Å². The van der Waals surface area contributed by atoms with Gasteiger partial charge in [0.25, 0.3) is 0 Å². The van der Waals surface area contributed by atoms with Gasteiger partial charge in [0.2, 0.25) is 0 Å². The van der Waals surface area contributed by atoms with E-state index < -0.39 is 0 Å². The van der Waals surface area contributed by atoms with Crippen LogP contribution in [0.15, 0.2) is 35.6 Å². The number of halogens is 1. The Labute approximate surface area is 122 Å². The molecule has 0 spiro atoms. The van der Waals surface area contributed by atoms with Crippen molar-refractivity contribution in [2.45, 2.75) is 37.9 Å². The van der Waals surface area contributed by atoms with Gasteiger partial charge in [-0.2, -0.15) is 0 Å². The van der Waals surface area contributed by atoms with Crippen molar-refractivity contribution >= 4 is 11.8 Å². The highest BCUT2D eigenvalue weighted by Gasteiger charge is 2.12. The zero-order valence-corrected chi connectivity index (χ0v) is 12.5. The fourth-order valence-electron chi connectivity index (χ4n) is 1.95. The van der Waals surface area contributed by atoms with Crippen molar-refractivity contribution in [3.63, 3.8) is 0 Å². The van der Waals surface area contributed by atoms with Crippen molar-refractivity contribution in [2.75, 3.05) is 0 Å². The number of rotatable bonds is 6. The van der Waals surface area contributed by atoms with Crippen LogP contribution in [0.2, 0.25) is 0 Å². The maximum Gasteiger partial charge on any atom is 0.168 e. The first kappa shape index (κ1) is 15.1. The van der Waals surface area contributed by atoms with Gasteiger partial charge in [0.1, 0.15) is 5.82 Å². The maximum absolute atomic E-state index is 13.6. The number of imidazole rings is 1. The summed E-state index contributed by atoms with van der Waals surface area (Å²) < 4.78 is 15.6. The number of hydrogen-bond acceptors (Lipinski definition) is 3. The molecule has 0 unspecified atom stereocenters. The highest BCUT2D eigenvalue weighted by atomic mass is 32.2. The molecule has 0 radical (unpaired) electrons. The summed E-state index contributed by atoms with van der Waals surface area (Å²) in [6.07, 6.45) is 1.69. The molecule has 0 amide bonds. The molecule has 2 aromatic rings. The molecule has 1 aromatic heterocycles. The molecule has 1 N–H and O–H groups in total. The van der Waals surface area contributed by atoms with Crippen LogP contribution in [0.1, 0.15) is 25.1 Å².